The molecule has 0 bridgehead atoms. The highest BCUT2D eigenvalue weighted by molar-refractivity contribution is 7.71. The number of nitrogens with zero attached hydrogens (tertiary/aromatic N) is 1. The first-order valence-electron chi connectivity index (χ1n) is 6.42. The van der Waals surface area contributed by atoms with Crippen LogP contribution in [0, 0.1) is 18.6 Å². The van der Waals surface area contributed by atoms with E-state index in [2.05, 4.69) is 4.98 Å². The Kier molecular flexibility index (Phi) is 3.43. The molecule has 0 atom stereocenters. The molecule has 1 aromatic carbocycles. The van der Waals surface area contributed by atoms with E-state index in [0.717, 1.165) is 26.7 Å². The van der Waals surface area contributed by atoms with Gasteiger partial charge in [0.2, 0.25) is 0 Å². The van der Waals surface area contributed by atoms with Crippen LogP contribution in [0.2, 0.25) is 0 Å². The summed E-state index contributed by atoms with van der Waals surface area (Å²) in [5, 5.41) is 0.710. The smallest absolute Gasteiger partial charge is 0.267 e. The Bertz CT molecular complexity index is 933. The van der Waals surface area contributed by atoms with E-state index in [9.17, 15) is 4.79 Å². The Morgan fingerprint density at radius 1 is 1.24 bits per heavy atom. The van der Waals surface area contributed by atoms with E-state index in [1.165, 1.54) is 4.57 Å². The average molecular weight is 318 g/mol. The minimum absolute atomic E-state index is 0.0826. The molecule has 0 radical (unpaired) electrons. The lowest BCUT2D eigenvalue weighted by molar-refractivity contribution is 0.414. The van der Waals surface area contributed by atoms with Crippen LogP contribution in [0.5, 0.6) is 5.75 Å². The second-order valence-electron chi connectivity index (χ2n) is 4.76. The number of aryl methyl sites for hydroxylation is 2. The molecule has 0 amide bonds. The fourth-order valence-electron chi connectivity index (χ4n) is 2.30. The number of aromatic nitrogens is 2. The van der Waals surface area contributed by atoms with Crippen LogP contribution in [0.3, 0.4) is 0 Å². The molecule has 4 nitrogen and oxygen atoms in total. The van der Waals surface area contributed by atoms with Crippen LogP contribution in [0.1, 0.15) is 10.4 Å². The molecule has 1 N–H and O–H groups in total. The van der Waals surface area contributed by atoms with Crippen molar-refractivity contribution in [2.75, 3.05) is 7.11 Å². The van der Waals surface area contributed by atoms with Gasteiger partial charge in [-0.2, -0.15) is 0 Å². The highest BCUT2D eigenvalue weighted by Crippen LogP contribution is 2.26. The van der Waals surface area contributed by atoms with Crippen molar-refractivity contribution in [1.29, 1.82) is 0 Å². The van der Waals surface area contributed by atoms with Crippen molar-refractivity contribution in [3.05, 3.63) is 49.8 Å². The molecule has 2 heterocycles. The predicted molar refractivity (Wildman–Crippen MR) is 88.6 cm³/mol. The van der Waals surface area contributed by atoms with Crippen molar-refractivity contribution in [3.8, 4) is 11.4 Å². The number of aromatic amines is 1. The van der Waals surface area contributed by atoms with Gasteiger partial charge in [0.05, 0.1) is 18.2 Å². The topological polar surface area (TPSA) is 47.0 Å². The number of hydrogen-bond donors (Lipinski definition) is 1. The van der Waals surface area contributed by atoms with Gasteiger partial charge in [-0.1, -0.05) is 0 Å². The first-order valence-corrected chi connectivity index (χ1v) is 7.65. The molecule has 0 saturated heterocycles. The molecule has 0 aliphatic carbocycles. The Labute approximate surface area is 130 Å². The molecule has 6 heteroatoms. The summed E-state index contributed by atoms with van der Waals surface area (Å²) in [6.07, 6.45) is 0. The molecular weight excluding hydrogens is 304 g/mol. The van der Waals surface area contributed by atoms with Gasteiger partial charge in [-0.25, -0.2) is 0 Å². The molecule has 0 spiro atoms. The summed E-state index contributed by atoms with van der Waals surface area (Å²) in [6, 6.07) is 7.27. The first-order chi connectivity index (χ1) is 10.0. The molecule has 0 fully saturated rings. The van der Waals surface area contributed by atoms with Crippen molar-refractivity contribution < 1.29 is 4.74 Å². The minimum atomic E-state index is -0.0826. The molecule has 108 valence electrons. The molecule has 0 saturated carbocycles. The summed E-state index contributed by atoms with van der Waals surface area (Å²) in [5.41, 5.74) is 1.65. The van der Waals surface area contributed by atoms with Crippen LogP contribution >= 0.6 is 23.6 Å². The minimum Gasteiger partial charge on any atom is -0.497 e. The van der Waals surface area contributed by atoms with Crippen molar-refractivity contribution in [2.24, 2.45) is 0 Å². The normalized spacial score (nSPS) is 11.0. The summed E-state index contributed by atoms with van der Waals surface area (Å²) in [7, 11) is 1.61. The zero-order valence-electron chi connectivity index (χ0n) is 11.9. The van der Waals surface area contributed by atoms with Gasteiger partial charge in [0.15, 0.2) is 4.77 Å². The van der Waals surface area contributed by atoms with E-state index in [1.807, 2.05) is 38.1 Å². The standard InChI is InChI=1S/C15H14N2O2S2/c1-8-9(2)21-13-12(8)14(18)17(15(20)16-13)10-4-6-11(19-3)7-5-10/h4-7H,1-3H3,(H,16,20). The van der Waals surface area contributed by atoms with Gasteiger partial charge >= 0.3 is 0 Å². The van der Waals surface area contributed by atoms with Crippen molar-refractivity contribution in [2.45, 2.75) is 13.8 Å². The molecule has 0 aliphatic rings. The van der Waals surface area contributed by atoms with Crippen LogP contribution < -0.4 is 10.3 Å². The Morgan fingerprint density at radius 3 is 2.52 bits per heavy atom. The number of benzene rings is 1. The zero-order valence-corrected chi connectivity index (χ0v) is 13.5. The largest absolute Gasteiger partial charge is 0.497 e. The van der Waals surface area contributed by atoms with Gasteiger partial charge in [0.1, 0.15) is 10.6 Å². The van der Waals surface area contributed by atoms with Crippen LogP contribution in [-0.2, 0) is 0 Å². The third kappa shape index (κ3) is 2.20. The van der Waals surface area contributed by atoms with Crippen LogP contribution in [0.15, 0.2) is 29.1 Å². The van der Waals surface area contributed by atoms with E-state index in [0.29, 0.717) is 10.2 Å². The number of fused-ring (bicyclic) bond motifs is 1. The molecule has 0 unspecified atom stereocenters. The Hall–Kier alpha value is -1.92. The fourth-order valence-corrected chi connectivity index (χ4v) is 3.70. The lowest BCUT2D eigenvalue weighted by Crippen LogP contribution is -2.20. The van der Waals surface area contributed by atoms with Gasteiger partial charge in [0, 0.05) is 4.88 Å². The maximum Gasteiger partial charge on any atom is 0.267 e. The van der Waals surface area contributed by atoms with Gasteiger partial charge in [-0.15, -0.1) is 11.3 Å². The van der Waals surface area contributed by atoms with Crippen molar-refractivity contribution >= 4 is 33.8 Å². The summed E-state index contributed by atoms with van der Waals surface area (Å²) in [6.45, 7) is 3.97. The van der Waals surface area contributed by atoms with E-state index >= 15 is 0 Å². The Balaban J connectivity index is 2.34. The summed E-state index contributed by atoms with van der Waals surface area (Å²) in [5.74, 6) is 0.741. The second-order valence-corrected chi connectivity index (χ2v) is 6.37. The third-order valence-corrected chi connectivity index (χ3v) is 4.96. The van der Waals surface area contributed by atoms with Crippen molar-refractivity contribution in [3.63, 3.8) is 0 Å². The number of methoxy groups -OCH3 is 1. The Morgan fingerprint density at radius 2 is 1.90 bits per heavy atom. The fraction of sp³-hybridized carbons (Fsp3) is 0.200. The summed E-state index contributed by atoms with van der Waals surface area (Å²) in [4.78, 5) is 17.9. The molecule has 0 aliphatic heterocycles. The highest BCUT2D eigenvalue weighted by atomic mass is 32.1. The van der Waals surface area contributed by atoms with E-state index in [4.69, 9.17) is 17.0 Å². The quantitative estimate of drug-likeness (QED) is 0.732. The van der Waals surface area contributed by atoms with E-state index in [-0.39, 0.29) is 5.56 Å². The van der Waals surface area contributed by atoms with Gasteiger partial charge in [0.25, 0.3) is 5.56 Å². The predicted octanol–water partition coefficient (Wildman–Crippen LogP) is 3.74. The second kappa shape index (κ2) is 5.13. The molecule has 3 rings (SSSR count). The summed E-state index contributed by atoms with van der Waals surface area (Å²) < 4.78 is 7.06. The van der Waals surface area contributed by atoms with Crippen LogP contribution in [0.4, 0.5) is 0 Å². The first kappa shape index (κ1) is 14.0. The lowest BCUT2D eigenvalue weighted by Gasteiger charge is -2.07. The highest BCUT2D eigenvalue weighted by Gasteiger charge is 2.13. The lowest BCUT2D eigenvalue weighted by atomic mass is 10.2. The van der Waals surface area contributed by atoms with Gasteiger partial charge < -0.3 is 9.72 Å². The molecule has 2 aromatic heterocycles. The van der Waals surface area contributed by atoms with Crippen molar-refractivity contribution in [1.82, 2.24) is 9.55 Å². The number of hydrogen-bond acceptors (Lipinski definition) is 4. The molecule has 21 heavy (non-hydrogen) atoms. The maximum atomic E-state index is 12.8. The van der Waals surface area contributed by atoms with Gasteiger partial charge in [-0.05, 0) is 55.9 Å². The number of ether oxygens (including phenoxy) is 1. The van der Waals surface area contributed by atoms with E-state index in [1.54, 1.807) is 18.4 Å². The number of nitrogens with one attached hydrogen (secondary N) is 1. The SMILES string of the molecule is COc1ccc(-n2c(=S)[nH]c3sc(C)c(C)c3c2=O)cc1. The van der Waals surface area contributed by atoms with Gasteiger partial charge in [-0.3, -0.25) is 9.36 Å². The number of thiophene rings is 1. The molecule has 3 aromatic rings. The van der Waals surface area contributed by atoms with Crippen LogP contribution in [-0.4, -0.2) is 16.7 Å². The van der Waals surface area contributed by atoms with E-state index < -0.39 is 0 Å². The third-order valence-electron chi connectivity index (χ3n) is 3.56. The summed E-state index contributed by atoms with van der Waals surface area (Å²) >= 11 is 6.91. The monoisotopic (exact) mass is 318 g/mol. The maximum absolute atomic E-state index is 12.8. The molecular formula is C15H14N2O2S2. The average Bonchev–Trinajstić information content (AvgIpc) is 2.74. The number of H-pyrrole nitrogens is 1. The number of rotatable bonds is 2. The zero-order chi connectivity index (χ0) is 15.1. The van der Waals surface area contributed by atoms with Crippen LogP contribution in [0.25, 0.3) is 15.9 Å².